The number of likely N-dealkylation sites (tertiary alicyclic amines) is 1. The fraction of sp³-hybridized carbons (Fsp3) is 0.571. The van der Waals surface area contributed by atoms with Gasteiger partial charge in [-0.25, -0.2) is 14.8 Å². The molecule has 1 aromatic rings. The van der Waals surface area contributed by atoms with E-state index in [0.717, 1.165) is 0 Å². The second-order valence-electron chi connectivity index (χ2n) is 5.70. The molecule has 1 saturated heterocycles. The molecule has 2 N–H and O–H groups in total. The molecule has 0 saturated carbocycles. The number of hydrogen-bond donors (Lipinski definition) is 2. The first-order valence-electron chi connectivity index (χ1n) is 7.32. The minimum atomic E-state index is -4.51. The fourth-order valence-corrected chi connectivity index (χ4v) is 2.56. The summed E-state index contributed by atoms with van der Waals surface area (Å²) in [4.78, 5) is 31.7. The molecule has 2 unspecified atom stereocenters. The number of piperidine rings is 1. The Bertz CT molecular complexity index is 606. The summed E-state index contributed by atoms with van der Waals surface area (Å²) in [5.74, 6) is -1.47. The number of aromatic nitrogens is 2. The van der Waals surface area contributed by atoms with Crippen LogP contribution in [-0.4, -0.2) is 45.1 Å². The third kappa shape index (κ3) is 4.33. The molecule has 2 heterocycles. The molecule has 0 bridgehead atoms. The van der Waals surface area contributed by atoms with Crippen LogP contribution in [0.5, 0.6) is 0 Å². The van der Waals surface area contributed by atoms with E-state index in [-0.39, 0.29) is 18.3 Å². The largest absolute Gasteiger partial charge is 0.481 e. The van der Waals surface area contributed by atoms with Gasteiger partial charge in [-0.3, -0.25) is 4.79 Å². The highest BCUT2D eigenvalue weighted by Crippen LogP contribution is 2.27. The number of nitrogens with one attached hydrogen (secondary N) is 1. The summed E-state index contributed by atoms with van der Waals surface area (Å²) in [6, 6.07) is -0.422. The summed E-state index contributed by atoms with van der Waals surface area (Å²) in [5, 5.41) is 11.6. The molecule has 1 aliphatic heterocycles. The zero-order chi connectivity index (χ0) is 17.9. The Morgan fingerprint density at radius 1 is 1.38 bits per heavy atom. The number of amides is 2. The SMILES string of the molecule is CC1CN(C(=O)NCc2ncc(C(F)(F)F)cn2)CCC1C(=O)O. The first-order chi connectivity index (χ1) is 11.2. The minimum absolute atomic E-state index is 0.0600. The number of nitrogens with zero attached hydrogens (tertiary/aromatic N) is 3. The monoisotopic (exact) mass is 346 g/mol. The molecule has 2 rings (SSSR count). The van der Waals surface area contributed by atoms with Crippen LogP contribution in [0.15, 0.2) is 12.4 Å². The first kappa shape index (κ1) is 18.0. The molecular weight excluding hydrogens is 329 g/mol. The Morgan fingerprint density at radius 2 is 2.00 bits per heavy atom. The van der Waals surface area contributed by atoms with Crippen molar-refractivity contribution in [3.05, 3.63) is 23.8 Å². The van der Waals surface area contributed by atoms with E-state index in [2.05, 4.69) is 15.3 Å². The Labute approximate surface area is 135 Å². The van der Waals surface area contributed by atoms with E-state index in [1.165, 1.54) is 4.90 Å². The van der Waals surface area contributed by atoms with E-state index in [1.807, 2.05) is 0 Å². The number of alkyl halides is 3. The van der Waals surface area contributed by atoms with Gasteiger partial charge >= 0.3 is 18.2 Å². The summed E-state index contributed by atoms with van der Waals surface area (Å²) in [7, 11) is 0. The van der Waals surface area contributed by atoms with Gasteiger partial charge in [0.1, 0.15) is 5.82 Å². The minimum Gasteiger partial charge on any atom is -0.481 e. The molecule has 1 aromatic heterocycles. The number of carbonyl (C=O) groups is 2. The van der Waals surface area contributed by atoms with Gasteiger partial charge in [-0.1, -0.05) is 6.92 Å². The fourth-order valence-electron chi connectivity index (χ4n) is 2.56. The molecule has 24 heavy (non-hydrogen) atoms. The van der Waals surface area contributed by atoms with Crippen LogP contribution < -0.4 is 5.32 Å². The van der Waals surface area contributed by atoms with Crippen molar-refractivity contribution in [3.8, 4) is 0 Å². The lowest BCUT2D eigenvalue weighted by Gasteiger charge is -2.34. The molecule has 132 valence electrons. The smallest absolute Gasteiger partial charge is 0.419 e. The number of halogens is 3. The Kier molecular flexibility index (Phi) is 5.25. The summed E-state index contributed by atoms with van der Waals surface area (Å²) in [5.41, 5.74) is -0.956. The number of carboxylic acids is 1. The molecule has 2 amide bonds. The highest BCUT2D eigenvalue weighted by atomic mass is 19.4. The van der Waals surface area contributed by atoms with E-state index in [4.69, 9.17) is 5.11 Å². The summed E-state index contributed by atoms with van der Waals surface area (Å²) >= 11 is 0. The molecule has 0 radical (unpaired) electrons. The van der Waals surface area contributed by atoms with Crippen molar-refractivity contribution in [2.45, 2.75) is 26.1 Å². The van der Waals surface area contributed by atoms with Crippen LogP contribution >= 0.6 is 0 Å². The lowest BCUT2D eigenvalue weighted by atomic mass is 9.87. The van der Waals surface area contributed by atoms with E-state index in [0.29, 0.717) is 31.9 Å². The summed E-state index contributed by atoms with van der Waals surface area (Å²) < 4.78 is 37.2. The van der Waals surface area contributed by atoms with Crippen LogP contribution in [0, 0.1) is 11.8 Å². The lowest BCUT2D eigenvalue weighted by Crippen LogP contribution is -2.48. The predicted molar refractivity (Wildman–Crippen MR) is 75.7 cm³/mol. The van der Waals surface area contributed by atoms with E-state index >= 15 is 0 Å². The van der Waals surface area contributed by atoms with Gasteiger partial charge in [0.15, 0.2) is 0 Å². The quantitative estimate of drug-likeness (QED) is 0.869. The topological polar surface area (TPSA) is 95.4 Å². The van der Waals surface area contributed by atoms with Gasteiger partial charge in [-0.05, 0) is 12.3 Å². The maximum Gasteiger partial charge on any atom is 0.419 e. The van der Waals surface area contributed by atoms with Crippen LogP contribution in [0.1, 0.15) is 24.7 Å². The Hall–Kier alpha value is -2.39. The molecule has 7 nitrogen and oxygen atoms in total. The summed E-state index contributed by atoms with van der Waals surface area (Å²) in [6.45, 7) is 2.26. The van der Waals surface area contributed by atoms with Crippen molar-refractivity contribution in [3.63, 3.8) is 0 Å². The summed E-state index contributed by atoms with van der Waals surface area (Å²) in [6.07, 6.45) is -2.82. The maximum atomic E-state index is 12.4. The van der Waals surface area contributed by atoms with E-state index in [1.54, 1.807) is 6.92 Å². The molecular formula is C14H17F3N4O3. The maximum absolute atomic E-state index is 12.4. The second-order valence-corrected chi connectivity index (χ2v) is 5.70. The number of carboxylic acid groups (broad SMARTS) is 1. The normalized spacial score (nSPS) is 21.4. The van der Waals surface area contributed by atoms with Gasteiger partial charge in [0.25, 0.3) is 0 Å². The van der Waals surface area contributed by atoms with Gasteiger partial charge in [-0.2, -0.15) is 13.2 Å². The van der Waals surface area contributed by atoms with Crippen LogP contribution in [0.25, 0.3) is 0 Å². The third-order valence-electron chi connectivity index (χ3n) is 3.94. The van der Waals surface area contributed by atoms with Crippen LogP contribution in [-0.2, 0) is 17.5 Å². The third-order valence-corrected chi connectivity index (χ3v) is 3.94. The zero-order valence-corrected chi connectivity index (χ0v) is 12.9. The van der Waals surface area contributed by atoms with Gasteiger partial charge in [0.05, 0.1) is 18.0 Å². The molecule has 1 fully saturated rings. The van der Waals surface area contributed by atoms with Crippen LogP contribution in [0.4, 0.5) is 18.0 Å². The number of urea groups is 1. The number of hydrogen-bond acceptors (Lipinski definition) is 4. The second kappa shape index (κ2) is 7.02. The van der Waals surface area contributed by atoms with E-state index < -0.39 is 29.7 Å². The zero-order valence-electron chi connectivity index (χ0n) is 12.9. The number of rotatable bonds is 3. The average molecular weight is 346 g/mol. The number of carbonyl (C=O) groups excluding carboxylic acids is 1. The highest BCUT2D eigenvalue weighted by Gasteiger charge is 2.33. The average Bonchev–Trinajstić information content (AvgIpc) is 2.51. The van der Waals surface area contributed by atoms with Crippen LogP contribution in [0.3, 0.4) is 0 Å². The molecule has 0 aromatic carbocycles. The van der Waals surface area contributed by atoms with Crippen molar-refractivity contribution in [2.75, 3.05) is 13.1 Å². The predicted octanol–water partition coefficient (Wildman–Crippen LogP) is 1.75. The van der Waals surface area contributed by atoms with Gasteiger partial charge in [0.2, 0.25) is 0 Å². The van der Waals surface area contributed by atoms with Gasteiger partial charge in [-0.15, -0.1) is 0 Å². The molecule has 0 spiro atoms. The van der Waals surface area contributed by atoms with Crippen LogP contribution in [0.2, 0.25) is 0 Å². The standard InChI is InChI=1S/C14H17F3N4O3/c1-8-7-21(3-2-10(8)12(22)23)13(24)20-6-11-18-4-9(5-19-11)14(15,16)17/h4-5,8,10H,2-3,6-7H2,1H3,(H,20,24)(H,22,23). The lowest BCUT2D eigenvalue weighted by molar-refractivity contribution is -0.145. The number of aliphatic carboxylic acids is 1. The molecule has 0 aliphatic carbocycles. The van der Waals surface area contributed by atoms with Crippen molar-refractivity contribution >= 4 is 12.0 Å². The van der Waals surface area contributed by atoms with E-state index in [9.17, 15) is 22.8 Å². The van der Waals surface area contributed by atoms with Crippen molar-refractivity contribution in [1.82, 2.24) is 20.2 Å². The van der Waals surface area contributed by atoms with Crippen molar-refractivity contribution < 1.29 is 27.9 Å². The van der Waals surface area contributed by atoms with Crippen molar-refractivity contribution in [1.29, 1.82) is 0 Å². The highest BCUT2D eigenvalue weighted by molar-refractivity contribution is 5.75. The Morgan fingerprint density at radius 3 is 2.50 bits per heavy atom. The van der Waals surface area contributed by atoms with Gasteiger partial charge < -0.3 is 15.3 Å². The van der Waals surface area contributed by atoms with Crippen molar-refractivity contribution in [2.24, 2.45) is 11.8 Å². The first-order valence-corrected chi connectivity index (χ1v) is 7.32. The van der Waals surface area contributed by atoms with Gasteiger partial charge in [0, 0.05) is 25.5 Å². The molecule has 10 heteroatoms. The molecule has 1 aliphatic rings. The molecule has 2 atom stereocenters. The Balaban J connectivity index is 1.86.